The zero-order valence-electron chi connectivity index (χ0n) is 16.1. The van der Waals surface area contributed by atoms with E-state index in [9.17, 15) is 17.6 Å². The van der Waals surface area contributed by atoms with Crippen LogP contribution in [-0.4, -0.2) is 38.7 Å². The summed E-state index contributed by atoms with van der Waals surface area (Å²) in [6, 6.07) is 17.9. The highest BCUT2D eigenvalue weighted by Gasteiger charge is 2.09. The average Bonchev–Trinajstić information content (AvgIpc) is 2.73. The summed E-state index contributed by atoms with van der Waals surface area (Å²) in [5, 5.41) is 2.62. The molecule has 9 heteroatoms. The lowest BCUT2D eigenvalue weighted by Gasteiger charge is -2.08. The van der Waals surface area contributed by atoms with E-state index in [4.69, 9.17) is 4.74 Å². The Kier molecular flexibility index (Phi) is 6.76. The van der Waals surface area contributed by atoms with Crippen LogP contribution in [0.1, 0.15) is 10.5 Å². The van der Waals surface area contributed by atoms with E-state index in [0.29, 0.717) is 17.2 Å². The van der Waals surface area contributed by atoms with Crippen LogP contribution in [0.25, 0.3) is 11.3 Å². The Labute approximate surface area is 174 Å². The first-order valence-corrected chi connectivity index (χ1v) is 10.9. The van der Waals surface area contributed by atoms with Gasteiger partial charge in [-0.25, -0.2) is 22.5 Å². The number of pyridine rings is 1. The Morgan fingerprint density at radius 2 is 1.60 bits per heavy atom. The topological polar surface area (TPSA) is 97.4 Å². The predicted octanol–water partition coefficient (Wildman–Crippen LogP) is 2.96. The molecule has 0 unspecified atom stereocenters. The molecule has 0 spiro atoms. The smallest absolute Gasteiger partial charge is 0.269 e. The fourth-order valence-corrected chi connectivity index (χ4v) is 3.03. The third-order valence-electron chi connectivity index (χ3n) is 3.96. The van der Waals surface area contributed by atoms with Gasteiger partial charge < -0.3 is 10.1 Å². The number of carbonyl (C=O) groups is 1. The van der Waals surface area contributed by atoms with Crippen molar-refractivity contribution in [3.05, 3.63) is 78.2 Å². The van der Waals surface area contributed by atoms with Gasteiger partial charge in [-0.15, -0.1) is 0 Å². The number of nitrogens with one attached hydrogen (secondary N) is 2. The fourth-order valence-electron chi connectivity index (χ4n) is 2.56. The Morgan fingerprint density at radius 1 is 0.967 bits per heavy atom. The van der Waals surface area contributed by atoms with E-state index in [-0.39, 0.29) is 24.6 Å². The van der Waals surface area contributed by atoms with Crippen molar-refractivity contribution in [2.45, 2.75) is 0 Å². The Hall–Kier alpha value is -3.30. The lowest BCUT2D eigenvalue weighted by atomic mass is 10.1. The SMILES string of the molecule is CS(=O)(=O)NCCNC(=O)c1cccc(-c2ccc(Oc3ccc(F)cc3)cc2)n1. The highest BCUT2D eigenvalue weighted by molar-refractivity contribution is 7.88. The minimum Gasteiger partial charge on any atom is -0.457 e. The standard InChI is InChI=1S/C21H20FN3O4S/c1-30(27,28)24-14-13-23-21(26)20-4-2-3-19(25-20)15-5-9-17(10-6-15)29-18-11-7-16(22)8-12-18/h2-12,24H,13-14H2,1H3,(H,23,26). The molecule has 156 valence electrons. The van der Waals surface area contributed by atoms with E-state index in [0.717, 1.165) is 11.8 Å². The highest BCUT2D eigenvalue weighted by atomic mass is 32.2. The van der Waals surface area contributed by atoms with Gasteiger partial charge in [0.05, 0.1) is 11.9 Å². The molecule has 0 saturated carbocycles. The molecular weight excluding hydrogens is 409 g/mol. The van der Waals surface area contributed by atoms with Gasteiger partial charge in [0.15, 0.2) is 0 Å². The molecule has 3 aromatic rings. The summed E-state index contributed by atoms with van der Waals surface area (Å²) < 4.78 is 43.0. The van der Waals surface area contributed by atoms with Crippen LogP contribution in [0.4, 0.5) is 4.39 Å². The van der Waals surface area contributed by atoms with Crippen molar-refractivity contribution in [2.75, 3.05) is 19.3 Å². The minimum absolute atomic E-state index is 0.0970. The molecule has 0 radical (unpaired) electrons. The van der Waals surface area contributed by atoms with Crippen molar-refractivity contribution in [3.63, 3.8) is 0 Å². The minimum atomic E-state index is -3.30. The summed E-state index contributed by atoms with van der Waals surface area (Å²) in [4.78, 5) is 16.6. The van der Waals surface area contributed by atoms with Gasteiger partial charge >= 0.3 is 0 Å². The van der Waals surface area contributed by atoms with Crippen LogP contribution < -0.4 is 14.8 Å². The molecule has 7 nitrogen and oxygen atoms in total. The zero-order valence-corrected chi connectivity index (χ0v) is 16.9. The number of aromatic nitrogens is 1. The number of halogens is 1. The maximum atomic E-state index is 13.0. The van der Waals surface area contributed by atoms with E-state index in [1.165, 1.54) is 12.1 Å². The van der Waals surface area contributed by atoms with Crippen molar-refractivity contribution < 1.29 is 22.3 Å². The van der Waals surface area contributed by atoms with Crippen LogP contribution in [0.3, 0.4) is 0 Å². The number of ether oxygens (including phenoxy) is 1. The molecule has 1 amide bonds. The van der Waals surface area contributed by atoms with Crippen LogP contribution in [0, 0.1) is 5.82 Å². The first-order valence-electron chi connectivity index (χ1n) is 9.04. The summed E-state index contributed by atoms with van der Waals surface area (Å²) in [5.41, 5.74) is 1.61. The second kappa shape index (κ2) is 9.47. The monoisotopic (exact) mass is 429 g/mol. The van der Waals surface area contributed by atoms with Gasteiger partial charge in [0, 0.05) is 18.7 Å². The Bertz CT molecular complexity index is 1120. The summed E-state index contributed by atoms with van der Waals surface area (Å²) in [6.45, 7) is 0.243. The molecule has 2 N–H and O–H groups in total. The van der Waals surface area contributed by atoms with Crippen LogP contribution in [0.2, 0.25) is 0 Å². The molecule has 30 heavy (non-hydrogen) atoms. The molecule has 3 rings (SSSR count). The van der Waals surface area contributed by atoms with Gasteiger partial charge in [-0.3, -0.25) is 4.79 Å². The average molecular weight is 429 g/mol. The van der Waals surface area contributed by atoms with Crippen molar-refractivity contribution in [1.82, 2.24) is 15.0 Å². The largest absolute Gasteiger partial charge is 0.457 e. The molecule has 0 atom stereocenters. The second-order valence-corrected chi connectivity index (χ2v) is 8.24. The van der Waals surface area contributed by atoms with Gasteiger partial charge in [-0.05, 0) is 60.7 Å². The number of amides is 1. The third-order valence-corrected chi connectivity index (χ3v) is 4.68. The summed E-state index contributed by atoms with van der Waals surface area (Å²) >= 11 is 0. The van der Waals surface area contributed by atoms with E-state index >= 15 is 0 Å². The summed E-state index contributed by atoms with van der Waals surface area (Å²) in [7, 11) is -3.30. The molecule has 0 fully saturated rings. The van der Waals surface area contributed by atoms with Gasteiger partial charge in [-0.1, -0.05) is 6.07 Å². The van der Waals surface area contributed by atoms with Crippen LogP contribution >= 0.6 is 0 Å². The first kappa shape index (κ1) is 21.4. The van der Waals surface area contributed by atoms with Crippen molar-refractivity contribution in [1.29, 1.82) is 0 Å². The van der Waals surface area contributed by atoms with Crippen LogP contribution in [0.15, 0.2) is 66.7 Å². The fraction of sp³-hybridized carbons (Fsp3) is 0.143. The molecule has 2 aromatic carbocycles. The third kappa shape index (κ3) is 6.36. The van der Waals surface area contributed by atoms with Crippen LogP contribution in [-0.2, 0) is 10.0 Å². The van der Waals surface area contributed by atoms with Gasteiger partial charge in [0.1, 0.15) is 23.0 Å². The number of nitrogens with zero attached hydrogens (tertiary/aromatic N) is 1. The number of benzene rings is 2. The number of carbonyl (C=O) groups excluding carboxylic acids is 1. The second-order valence-electron chi connectivity index (χ2n) is 6.41. The Balaban J connectivity index is 1.63. The van der Waals surface area contributed by atoms with E-state index < -0.39 is 15.9 Å². The van der Waals surface area contributed by atoms with E-state index in [1.807, 2.05) is 0 Å². The number of rotatable bonds is 8. The van der Waals surface area contributed by atoms with Gasteiger partial charge in [0.25, 0.3) is 5.91 Å². The van der Waals surface area contributed by atoms with Crippen molar-refractivity contribution in [3.8, 4) is 22.8 Å². The zero-order chi connectivity index (χ0) is 21.6. The van der Waals surface area contributed by atoms with Gasteiger partial charge in [0.2, 0.25) is 10.0 Å². The molecule has 0 saturated heterocycles. The summed E-state index contributed by atoms with van der Waals surface area (Å²) in [6.07, 6.45) is 1.05. The molecule has 0 bridgehead atoms. The molecule has 0 aliphatic carbocycles. The maximum Gasteiger partial charge on any atom is 0.269 e. The molecule has 1 aromatic heterocycles. The maximum absolute atomic E-state index is 13.0. The van der Waals surface area contributed by atoms with Crippen LogP contribution in [0.5, 0.6) is 11.5 Å². The molecule has 0 aliphatic heterocycles. The molecule has 0 aliphatic rings. The quantitative estimate of drug-likeness (QED) is 0.537. The summed E-state index contributed by atoms with van der Waals surface area (Å²) in [5.74, 6) is 0.367. The van der Waals surface area contributed by atoms with Crippen molar-refractivity contribution in [2.24, 2.45) is 0 Å². The normalized spacial score (nSPS) is 11.1. The Morgan fingerprint density at radius 3 is 2.23 bits per heavy atom. The number of hydrogen-bond acceptors (Lipinski definition) is 5. The predicted molar refractivity (Wildman–Crippen MR) is 111 cm³/mol. The lowest BCUT2D eigenvalue weighted by Crippen LogP contribution is -2.34. The molecule has 1 heterocycles. The van der Waals surface area contributed by atoms with E-state index in [2.05, 4.69) is 15.0 Å². The highest BCUT2D eigenvalue weighted by Crippen LogP contribution is 2.25. The number of hydrogen-bond donors (Lipinski definition) is 2. The van der Waals surface area contributed by atoms with E-state index in [1.54, 1.807) is 54.6 Å². The number of sulfonamides is 1. The first-order chi connectivity index (χ1) is 14.3. The lowest BCUT2D eigenvalue weighted by molar-refractivity contribution is 0.0949. The molecular formula is C21H20FN3O4S. The van der Waals surface area contributed by atoms with Gasteiger partial charge in [-0.2, -0.15) is 0 Å². The van der Waals surface area contributed by atoms with Crippen molar-refractivity contribution >= 4 is 15.9 Å².